The largest absolute Gasteiger partial charge is 0.507 e. The monoisotopic (exact) mass is 277 g/mol. The molecular weight excluding hydrogens is 254 g/mol. The number of amides is 1. The van der Waals surface area contributed by atoms with E-state index in [1.165, 1.54) is 0 Å². The summed E-state index contributed by atoms with van der Waals surface area (Å²) in [6.45, 7) is 6.66. The summed E-state index contributed by atoms with van der Waals surface area (Å²) in [6, 6.07) is 5.29. The summed E-state index contributed by atoms with van der Waals surface area (Å²) in [5.41, 5.74) is 6.65. The molecule has 0 aromatic heterocycles. The Balaban J connectivity index is 1.96. The van der Waals surface area contributed by atoms with Crippen LogP contribution in [0.1, 0.15) is 22.3 Å². The van der Waals surface area contributed by atoms with Crippen molar-refractivity contribution >= 4 is 5.91 Å². The first-order valence-electron chi connectivity index (χ1n) is 7.13. The minimum Gasteiger partial charge on any atom is -0.507 e. The maximum absolute atomic E-state index is 12.4. The van der Waals surface area contributed by atoms with Gasteiger partial charge in [0.05, 0.1) is 5.56 Å². The summed E-state index contributed by atoms with van der Waals surface area (Å²) in [5.74, 6) is 0.0211. The first-order chi connectivity index (χ1) is 9.63. The van der Waals surface area contributed by atoms with Crippen molar-refractivity contribution in [2.24, 2.45) is 5.73 Å². The summed E-state index contributed by atoms with van der Waals surface area (Å²) < 4.78 is 0. The molecule has 110 valence electrons. The van der Waals surface area contributed by atoms with Crippen molar-refractivity contribution in [3.05, 3.63) is 29.3 Å². The minimum absolute atomic E-state index is 0.0790. The summed E-state index contributed by atoms with van der Waals surface area (Å²) in [6.07, 6.45) is 0.993. The fourth-order valence-electron chi connectivity index (χ4n) is 2.49. The fraction of sp³-hybridized carbons (Fsp3) is 0.533. The first kappa shape index (κ1) is 14.8. The number of nitrogens with two attached hydrogens (primary N) is 1. The van der Waals surface area contributed by atoms with Crippen molar-refractivity contribution in [1.29, 1.82) is 0 Å². The molecule has 2 rings (SSSR count). The summed E-state index contributed by atoms with van der Waals surface area (Å²) in [5, 5.41) is 9.99. The predicted octanol–water partition coefficient (Wildman–Crippen LogP) is 0.807. The van der Waals surface area contributed by atoms with Crippen LogP contribution in [0, 0.1) is 6.92 Å². The number of rotatable bonds is 4. The van der Waals surface area contributed by atoms with Crippen molar-refractivity contribution in [3.8, 4) is 5.75 Å². The van der Waals surface area contributed by atoms with Gasteiger partial charge in [0.1, 0.15) is 5.75 Å². The van der Waals surface area contributed by atoms with Crippen molar-refractivity contribution in [2.75, 3.05) is 39.3 Å². The van der Waals surface area contributed by atoms with Gasteiger partial charge in [-0.3, -0.25) is 9.69 Å². The maximum atomic E-state index is 12.4. The summed E-state index contributed by atoms with van der Waals surface area (Å²) in [4.78, 5) is 16.6. The van der Waals surface area contributed by atoms with Gasteiger partial charge in [-0.1, -0.05) is 12.1 Å². The lowest BCUT2D eigenvalue weighted by atomic mass is 10.1. The molecule has 1 aromatic carbocycles. The van der Waals surface area contributed by atoms with E-state index in [-0.39, 0.29) is 11.7 Å². The molecule has 0 radical (unpaired) electrons. The van der Waals surface area contributed by atoms with Crippen LogP contribution in [-0.2, 0) is 0 Å². The minimum atomic E-state index is -0.0790. The number of phenolic OH excluding ortho intramolecular Hbond substituents is 1. The van der Waals surface area contributed by atoms with E-state index < -0.39 is 0 Å². The van der Waals surface area contributed by atoms with Gasteiger partial charge in [-0.15, -0.1) is 0 Å². The third kappa shape index (κ3) is 3.29. The van der Waals surface area contributed by atoms with Crippen LogP contribution in [0.25, 0.3) is 0 Å². The highest BCUT2D eigenvalue weighted by Crippen LogP contribution is 2.23. The molecule has 1 aromatic rings. The lowest BCUT2D eigenvalue weighted by Crippen LogP contribution is -2.49. The van der Waals surface area contributed by atoms with Gasteiger partial charge in [-0.05, 0) is 38.1 Å². The number of aryl methyl sites for hydroxylation is 1. The quantitative estimate of drug-likeness (QED) is 0.854. The van der Waals surface area contributed by atoms with Crippen LogP contribution >= 0.6 is 0 Å². The number of aromatic hydroxyl groups is 1. The molecule has 1 fully saturated rings. The molecule has 5 heteroatoms. The van der Waals surface area contributed by atoms with Crippen molar-refractivity contribution < 1.29 is 9.90 Å². The van der Waals surface area contributed by atoms with Crippen LogP contribution in [0.15, 0.2) is 18.2 Å². The average Bonchev–Trinajstić information content (AvgIpc) is 2.48. The Labute approximate surface area is 120 Å². The van der Waals surface area contributed by atoms with Crippen LogP contribution in [-0.4, -0.2) is 60.1 Å². The molecule has 3 N–H and O–H groups in total. The number of carbonyl (C=O) groups excluding carboxylic acids is 1. The lowest BCUT2D eigenvalue weighted by molar-refractivity contribution is 0.0633. The van der Waals surface area contributed by atoms with Crippen molar-refractivity contribution in [2.45, 2.75) is 13.3 Å². The Morgan fingerprint density at radius 2 is 2.00 bits per heavy atom. The Kier molecular flexibility index (Phi) is 4.98. The van der Waals surface area contributed by atoms with E-state index >= 15 is 0 Å². The van der Waals surface area contributed by atoms with Crippen LogP contribution in [0.5, 0.6) is 5.75 Å². The normalized spacial score (nSPS) is 16.4. The molecule has 5 nitrogen and oxygen atoms in total. The smallest absolute Gasteiger partial charge is 0.257 e. The highest BCUT2D eigenvalue weighted by Gasteiger charge is 2.23. The van der Waals surface area contributed by atoms with Gasteiger partial charge in [0.2, 0.25) is 0 Å². The number of hydrogen-bond donors (Lipinski definition) is 2. The number of phenols is 1. The number of nitrogens with zero attached hydrogens (tertiary/aromatic N) is 2. The highest BCUT2D eigenvalue weighted by molar-refractivity contribution is 5.97. The zero-order valence-electron chi connectivity index (χ0n) is 12.0. The number of para-hydroxylation sites is 1. The van der Waals surface area contributed by atoms with Gasteiger partial charge in [-0.25, -0.2) is 0 Å². The fourth-order valence-corrected chi connectivity index (χ4v) is 2.49. The molecule has 1 saturated heterocycles. The topological polar surface area (TPSA) is 69.8 Å². The molecule has 1 amide bonds. The van der Waals surface area contributed by atoms with Crippen molar-refractivity contribution in [1.82, 2.24) is 9.80 Å². The highest BCUT2D eigenvalue weighted by atomic mass is 16.3. The second kappa shape index (κ2) is 6.72. The van der Waals surface area contributed by atoms with E-state index in [2.05, 4.69) is 4.90 Å². The lowest BCUT2D eigenvalue weighted by Gasteiger charge is -2.34. The standard InChI is InChI=1S/C15H23N3O2/c1-12-4-2-5-13(14(12)19)15(20)18-10-8-17(9-11-18)7-3-6-16/h2,4-5,19H,3,6-11,16H2,1H3. The number of piperazine rings is 1. The molecule has 0 aliphatic carbocycles. The molecule has 20 heavy (non-hydrogen) atoms. The average molecular weight is 277 g/mol. The van der Waals surface area contributed by atoms with Crippen molar-refractivity contribution in [3.63, 3.8) is 0 Å². The third-order valence-electron chi connectivity index (χ3n) is 3.81. The molecule has 0 bridgehead atoms. The molecule has 1 aliphatic rings. The first-order valence-corrected chi connectivity index (χ1v) is 7.13. The second-order valence-electron chi connectivity index (χ2n) is 5.25. The van der Waals surface area contributed by atoms with Gasteiger partial charge >= 0.3 is 0 Å². The predicted molar refractivity (Wildman–Crippen MR) is 78.9 cm³/mol. The molecule has 0 atom stereocenters. The van der Waals surface area contributed by atoms with Gasteiger partial charge in [0.15, 0.2) is 0 Å². The number of hydrogen-bond acceptors (Lipinski definition) is 4. The second-order valence-corrected chi connectivity index (χ2v) is 5.25. The summed E-state index contributed by atoms with van der Waals surface area (Å²) in [7, 11) is 0. The molecule has 0 spiro atoms. The number of carbonyl (C=O) groups is 1. The SMILES string of the molecule is Cc1cccc(C(=O)N2CCN(CCCN)CC2)c1O. The van der Waals surface area contributed by atoms with E-state index in [1.807, 2.05) is 4.90 Å². The van der Waals surface area contributed by atoms with Crippen LogP contribution in [0.4, 0.5) is 0 Å². The molecule has 0 saturated carbocycles. The molecule has 0 unspecified atom stereocenters. The van der Waals surface area contributed by atoms with E-state index in [9.17, 15) is 9.90 Å². The maximum Gasteiger partial charge on any atom is 0.257 e. The zero-order chi connectivity index (χ0) is 14.5. The third-order valence-corrected chi connectivity index (χ3v) is 3.81. The van der Waals surface area contributed by atoms with Gasteiger partial charge in [0.25, 0.3) is 5.91 Å². The van der Waals surface area contributed by atoms with E-state index in [1.54, 1.807) is 25.1 Å². The van der Waals surface area contributed by atoms with Gasteiger partial charge < -0.3 is 15.7 Å². The molecular formula is C15H23N3O2. The summed E-state index contributed by atoms with van der Waals surface area (Å²) >= 11 is 0. The number of benzene rings is 1. The van der Waals surface area contributed by atoms with Crippen LogP contribution < -0.4 is 5.73 Å². The van der Waals surface area contributed by atoms with Crippen LogP contribution in [0.3, 0.4) is 0 Å². The Hall–Kier alpha value is -1.59. The van der Waals surface area contributed by atoms with Crippen LogP contribution in [0.2, 0.25) is 0 Å². The van der Waals surface area contributed by atoms with E-state index in [0.29, 0.717) is 25.2 Å². The molecule has 1 heterocycles. The van der Waals surface area contributed by atoms with Gasteiger partial charge in [-0.2, -0.15) is 0 Å². The van der Waals surface area contributed by atoms with E-state index in [4.69, 9.17) is 5.73 Å². The molecule has 1 aliphatic heterocycles. The Bertz CT molecular complexity index is 468. The zero-order valence-corrected chi connectivity index (χ0v) is 12.0. The Morgan fingerprint density at radius 1 is 1.30 bits per heavy atom. The van der Waals surface area contributed by atoms with E-state index in [0.717, 1.165) is 31.6 Å². The van der Waals surface area contributed by atoms with Gasteiger partial charge in [0, 0.05) is 26.2 Å². The Morgan fingerprint density at radius 3 is 2.65 bits per heavy atom.